The summed E-state index contributed by atoms with van der Waals surface area (Å²) in [6.45, 7) is 1.85. The molecular formula is C19H19ClN2O5S. The molecule has 0 radical (unpaired) electrons. The lowest BCUT2D eigenvalue weighted by Gasteiger charge is -2.16. The van der Waals surface area contributed by atoms with E-state index < -0.39 is 27.8 Å². The molecule has 0 saturated carbocycles. The van der Waals surface area contributed by atoms with Crippen molar-refractivity contribution in [2.45, 2.75) is 13.5 Å². The quantitative estimate of drug-likeness (QED) is 0.799. The zero-order valence-electron chi connectivity index (χ0n) is 15.3. The topological polar surface area (TPSA) is 92.8 Å². The molecular weight excluding hydrogens is 404 g/mol. The van der Waals surface area contributed by atoms with Gasteiger partial charge < -0.3 is 10.1 Å². The third kappa shape index (κ3) is 3.98. The number of amides is 2. The maximum atomic E-state index is 12.4. The van der Waals surface area contributed by atoms with E-state index in [-0.39, 0.29) is 28.6 Å². The van der Waals surface area contributed by atoms with E-state index in [4.69, 9.17) is 16.3 Å². The fourth-order valence-corrected chi connectivity index (χ4v) is 5.00. The molecule has 0 aliphatic carbocycles. The fourth-order valence-electron chi connectivity index (χ4n) is 2.92. The molecule has 28 heavy (non-hydrogen) atoms. The Labute approximate surface area is 168 Å². The number of benzene rings is 2. The van der Waals surface area contributed by atoms with Crippen LogP contribution in [0, 0.1) is 5.92 Å². The SMILES string of the molecule is COc1ccc(CNC(=O)c2ccc(N3C(=O)[C@@H](C)CS3(=O)=O)cc2Cl)cc1. The number of nitrogens with zero attached hydrogens (tertiary/aromatic N) is 1. The maximum Gasteiger partial charge on any atom is 0.253 e. The Morgan fingerprint density at radius 1 is 1.25 bits per heavy atom. The van der Waals surface area contributed by atoms with E-state index in [0.29, 0.717) is 0 Å². The third-order valence-corrected chi connectivity index (χ3v) is 6.59. The third-order valence-electron chi connectivity index (χ3n) is 4.40. The van der Waals surface area contributed by atoms with Crippen LogP contribution in [0.2, 0.25) is 5.02 Å². The Hall–Kier alpha value is -2.58. The van der Waals surface area contributed by atoms with E-state index >= 15 is 0 Å². The predicted molar refractivity (Wildman–Crippen MR) is 106 cm³/mol. The maximum absolute atomic E-state index is 12.4. The van der Waals surface area contributed by atoms with Gasteiger partial charge in [-0.15, -0.1) is 0 Å². The van der Waals surface area contributed by atoms with Crippen molar-refractivity contribution >= 4 is 39.1 Å². The molecule has 2 amide bonds. The van der Waals surface area contributed by atoms with Gasteiger partial charge in [-0.25, -0.2) is 12.7 Å². The van der Waals surface area contributed by atoms with E-state index in [9.17, 15) is 18.0 Å². The van der Waals surface area contributed by atoms with Gasteiger partial charge >= 0.3 is 0 Å². The van der Waals surface area contributed by atoms with Crippen molar-refractivity contribution in [3.63, 3.8) is 0 Å². The summed E-state index contributed by atoms with van der Waals surface area (Å²) in [6.07, 6.45) is 0. The van der Waals surface area contributed by atoms with E-state index in [1.807, 2.05) is 12.1 Å². The first-order valence-corrected chi connectivity index (χ1v) is 10.5. The summed E-state index contributed by atoms with van der Waals surface area (Å²) in [6, 6.07) is 11.4. The Kier molecular flexibility index (Phi) is 5.62. The van der Waals surface area contributed by atoms with Crippen molar-refractivity contribution in [3.8, 4) is 5.75 Å². The molecule has 0 spiro atoms. The Balaban J connectivity index is 1.74. The van der Waals surface area contributed by atoms with E-state index in [1.165, 1.54) is 18.2 Å². The molecule has 2 aromatic carbocycles. The second kappa shape index (κ2) is 7.81. The van der Waals surface area contributed by atoms with Crippen LogP contribution >= 0.6 is 11.6 Å². The molecule has 1 N–H and O–H groups in total. The Morgan fingerprint density at radius 3 is 2.46 bits per heavy atom. The highest BCUT2D eigenvalue weighted by atomic mass is 35.5. The number of methoxy groups -OCH3 is 1. The number of hydrogen-bond donors (Lipinski definition) is 1. The van der Waals surface area contributed by atoms with Crippen molar-refractivity contribution < 1.29 is 22.7 Å². The second-order valence-electron chi connectivity index (χ2n) is 6.48. The first-order valence-electron chi connectivity index (χ1n) is 8.50. The number of halogens is 1. The van der Waals surface area contributed by atoms with E-state index in [2.05, 4.69) is 5.32 Å². The number of rotatable bonds is 5. The van der Waals surface area contributed by atoms with Crippen molar-refractivity contribution in [3.05, 3.63) is 58.6 Å². The van der Waals surface area contributed by atoms with Gasteiger partial charge in [-0.1, -0.05) is 30.7 Å². The molecule has 1 saturated heterocycles. The van der Waals surface area contributed by atoms with Crippen LogP contribution in [0.4, 0.5) is 5.69 Å². The van der Waals surface area contributed by atoms with Gasteiger partial charge in [-0.05, 0) is 35.9 Å². The summed E-state index contributed by atoms with van der Waals surface area (Å²) in [5.74, 6) is -1.05. The monoisotopic (exact) mass is 422 g/mol. The largest absolute Gasteiger partial charge is 0.497 e. The van der Waals surface area contributed by atoms with Gasteiger partial charge in [0.15, 0.2) is 0 Å². The lowest BCUT2D eigenvalue weighted by molar-refractivity contribution is -0.119. The fraction of sp³-hybridized carbons (Fsp3) is 0.263. The standard InChI is InChI=1S/C19H19ClN2O5S/c1-12-11-28(25,26)22(19(12)24)14-5-8-16(17(20)9-14)18(23)21-10-13-3-6-15(27-2)7-4-13/h3-9,12H,10-11H2,1-2H3,(H,21,23)/t12-/m0/s1. The van der Waals surface area contributed by atoms with Crippen molar-refractivity contribution in [2.24, 2.45) is 5.92 Å². The van der Waals surface area contributed by atoms with Gasteiger partial charge in [-0.2, -0.15) is 0 Å². The number of ether oxygens (including phenoxy) is 1. The minimum absolute atomic E-state index is 0.0623. The van der Waals surface area contributed by atoms with Gasteiger partial charge in [0.05, 0.1) is 35.1 Å². The smallest absolute Gasteiger partial charge is 0.253 e. The molecule has 1 fully saturated rings. The average molecular weight is 423 g/mol. The highest BCUT2D eigenvalue weighted by molar-refractivity contribution is 7.94. The number of nitrogens with one attached hydrogen (secondary N) is 1. The van der Waals surface area contributed by atoms with Crippen LogP contribution < -0.4 is 14.4 Å². The van der Waals surface area contributed by atoms with Crippen LogP contribution in [-0.2, 0) is 21.4 Å². The molecule has 0 aromatic heterocycles. The van der Waals surface area contributed by atoms with Crippen LogP contribution in [-0.4, -0.2) is 33.1 Å². The van der Waals surface area contributed by atoms with Crippen LogP contribution in [0.3, 0.4) is 0 Å². The minimum atomic E-state index is -3.73. The molecule has 1 heterocycles. The first-order chi connectivity index (χ1) is 13.2. The summed E-state index contributed by atoms with van der Waals surface area (Å²) in [5, 5.41) is 2.81. The molecule has 2 aromatic rings. The highest BCUT2D eigenvalue weighted by Crippen LogP contribution is 2.31. The van der Waals surface area contributed by atoms with Crippen molar-refractivity contribution in [1.29, 1.82) is 0 Å². The molecule has 1 aliphatic heterocycles. The Morgan fingerprint density at radius 2 is 1.93 bits per heavy atom. The summed E-state index contributed by atoms with van der Waals surface area (Å²) < 4.78 is 30.2. The van der Waals surface area contributed by atoms with Gasteiger partial charge in [0.2, 0.25) is 15.9 Å². The van der Waals surface area contributed by atoms with Gasteiger partial charge in [-0.3, -0.25) is 9.59 Å². The molecule has 9 heteroatoms. The summed E-state index contributed by atoms with van der Waals surface area (Å²) in [4.78, 5) is 24.6. The number of carbonyl (C=O) groups is 2. The molecule has 7 nitrogen and oxygen atoms in total. The second-order valence-corrected chi connectivity index (χ2v) is 8.75. The minimum Gasteiger partial charge on any atom is -0.497 e. The van der Waals surface area contributed by atoms with Crippen LogP contribution in [0.1, 0.15) is 22.8 Å². The molecule has 0 unspecified atom stereocenters. The number of sulfonamides is 1. The molecule has 1 aliphatic rings. The zero-order valence-corrected chi connectivity index (χ0v) is 16.9. The van der Waals surface area contributed by atoms with Crippen molar-refractivity contribution in [1.82, 2.24) is 5.32 Å². The molecule has 1 atom stereocenters. The van der Waals surface area contributed by atoms with E-state index in [0.717, 1.165) is 15.6 Å². The number of anilines is 1. The highest BCUT2D eigenvalue weighted by Gasteiger charge is 2.42. The first kappa shape index (κ1) is 20.2. The van der Waals surface area contributed by atoms with E-state index in [1.54, 1.807) is 26.2 Å². The number of hydrogen-bond acceptors (Lipinski definition) is 5. The van der Waals surface area contributed by atoms with Gasteiger partial charge in [0, 0.05) is 6.54 Å². The lowest BCUT2D eigenvalue weighted by atomic mass is 10.1. The average Bonchev–Trinajstić information content (AvgIpc) is 2.86. The predicted octanol–water partition coefficient (Wildman–Crippen LogP) is 2.59. The molecule has 3 rings (SSSR count). The summed E-state index contributed by atoms with van der Waals surface area (Å²) in [5.41, 5.74) is 1.20. The Bertz CT molecular complexity index is 1020. The number of carbonyl (C=O) groups excluding carboxylic acids is 2. The lowest BCUT2D eigenvalue weighted by Crippen LogP contribution is -2.30. The summed E-state index contributed by atoms with van der Waals surface area (Å²) in [7, 11) is -2.15. The van der Waals surface area contributed by atoms with Gasteiger partial charge in [0.1, 0.15) is 5.75 Å². The van der Waals surface area contributed by atoms with Gasteiger partial charge in [0.25, 0.3) is 5.91 Å². The van der Waals surface area contributed by atoms with Crippen molar-refractivity contribution in [2.75, 3.05) is 17.2 Å². The zero-order chi connectivity index (χ0) is 20.5. The summed E-state index contributed by atoms with van der Waals surface area (Å²) >= 11 is 6.19. The molecule has 0 bridgehead atoms. The van der Waals surface area contributed by atoms with Crippen LogP contribution in [0.15, 0.2) is 42.5 Å². The molecule has 148 valence electrons. The van der Waals surface area contributed by atoms with Crippen LogP contribution in [0.5, 0.6) is 5.75 Å². The normalized spacial score (nSPS) is 18.2. The van der Waals surface area contributed by atoms with Crippen LogP contribution in [0.25, 0.3) is 0 Å².